The predicted molar refractivity (Wildman–Crippen MR) is 59.3 cm³/mol. The monoisotopic (exact) mass is 222 g/mol. The number of anilines is 1. The van der Waals surface area contributed by atoms with E-state index in [1.807, 2.05) is 0 Å². The van der Waals surface area contributed by atoms with Crippen molar-refractivity contribution in [3.63, 3.8) is 0 Å². The molecule has 0 saturated heterocycles. The van der Waals surface area contributed by atoms with Gasteiger partial charge in [0.05, 0.1) is 12.8 Å². The second kappa shape index (κ2) is 5.75. The zero-order valence-electron chi connectivity index (χ0n) is 8.81. The van der Waals surface area contributed by atoms with Crippen LogP contribution in [0.25, 0.3) is 0 Å². The molecule has 0 atom stereocenters. The summed E-state index contributed by atoms with van der Waals surface area (Å²) >= 11 is 0. The van der Waals surface area contributed by atoms with Crippen LogP contribution in [0.5, 0.6) is 0 Å². The van der Waals surface area contributed by atoms with Gasteiger partial charge in [0.15, 0.2) is 0 Å². The van der Waals surface area contributed by atoms with Crippen LogP contribution in [0.4, 0.5) is 5.69 Å². The smallest absolute Gasteiger partial charge is 0.310 e. The molecule has 0 aliphatic rings. The number of rotatable bonds is 5. The number of nitrogen functional groups attached to an aromatic ring is 1. The number of ether oxygens (including phenoxy) is 1. The van der Waals surface area contributed by atoms with Crippen molar-refractivity contribution in [1.29, 1.82) is 0 Å². The van der Waals surface area contributed by atoms with Crippen molar-refractivity contribution in [2.75, 3.05) is 12.3 Å². The van der Waals surface area contributed by atoms with E-state index in [0.29, 0.717) is 5.69 Å². The summed E-state index contributed by atoms with van der Waals surface area (Å²) in [5, 5.41) is 0. The van der Waals surface area contributed by atoms with Gasteiger partial charge in [-0.15, -0.1) is 0 Å². The fraction of sp³-hybridized carbons (Fsp3) is 0.273. The van der Waals surface area contributed by atoms with Crippen LogP contribution in [-0.2, 0) is 20.7 Å². The summed E-state index contributed by atoms with van der Waals surface area (Å²) in [6.45, 7) is 0.0309. The van der Waals surface area contributed by atoms with Gasteiger partial charge in [-0.3, -0.25) is 9.59 Å². The van der Waals surface area contributed by atoms with Crippen molar-refractivity contribution in [1.82, 2.24) is 0 Å². The van der Waals surface area contributed by atoms with E-state index >= 15 is 0 Å². The molecule has 1 rings (SSSR count). The van der Waals surface area contributed by atoms with E-state index in [-0.39, 0.29) is 25.4 Å². The summed E-state index contributed by atoms with van der Waals surface area (Å²) in [7, 11) is 0. The molecule has 1 aromatic carbocycles. The maximum Gasteiger partial charge on any atom is 0.310 e. The number of carbonyl (C=O) groups is 2. The average molecular weight is 222 g/mol. The molecule has 0 aromatic heterocycles. The first-order chi connectivity index (χ1) is 7.58. The van der Waals surface area contributed by atoms with Gasteiger partial charge in [0.1, 0.15) is 6.61 Å². The number of esters is 1. The zero-order chi connectivity index (χ0) is 12.0. The number of hydrogen-bond acceptors (Lipinski definition) is 4. The van der Waals surface area contributed by atoms with Crippen molar-refractivity contribution < 1.29 is 14.3 Å². The summed E-state index contributed by atoms with van der Waals surface area (Å²) < 4.78 is 4.82. The molecule has 16 heavy (non-hydrogen) atoms. The fourth-order valence-electron chi connectivity index (χ4n) is 1.12. The Morgan fingerprint density at radius 3 is 2.38 bits per heavy atom. The third-order valence-electron chi connectivity index (χ3n) is 1.94. The Bertz CT molecular complexity index is 373. The molecule has 0 spiro atoms. The van der Waals surface area contributed by atoms with Gasteiger partial charge in [0.25, 0.3) is 0 Å². The molecule has 0 radical (unpaired) electrons. The van der Waals surface area contributed by atoms with Gasteiger partial charge in [-0.25, -0.2) is 0 Å². The molecule has 0 bridgehead atoms. The second-order valence-electron chi connectivity index (χ2n) is 3.36. The molecule has 0 saturated carbocycles. The SMILES string of the molecule is NC(=O)CCOC(=O)Cc1ccc(N)cc1. The largest absolute Gasteiger partial charge is 0.465 e. The third kappa shape index (κ3) is 4.45. The van der Waals surface area contributed by atoms with E-state index in [2.05, 4.69) is 0 Å². The Kier molecular flexibility index (Phi) is 4.32. The third-order valence-corrected chi connectivity index (χ3v) is 1.94. The normalized spacial score (nSPS) is 9.75. The van der Waals surface area contributed by atoms with Gasteiger partial charge < -0.3 is 16.2 Å². The Hall–Kier alpha value is -2.04. The Morgan fingerprint density at radius 1 is 1.19 bits per heavy atom. The van der Waals surface area contributed by atoms with Crippen LogP contribution in [0, 0.1) is 0 Å². The van der Waals surface area contributed by atoms with E-state index in [0.717, 1.165) is 5.56 Å². The fourth-order valence-corrected chi connectivity index (χ4v) is 1.12. The van der Waals surface area contributed by atoms with Gasteiger partial charge in [0.2, 0.25) is 5.91 Å². The van der Waals surface area contributed by atoms with Crippen molar-refractivity contribution >= 4 is 17.6 Å². The number of amides is 1. The van der Waals surface area contributed by atoms with E-state index in [9.17, 15) is 9.59 Å². The summed E-state index contributed by atoms with van der Waals surface area (Å²) in [5.74, 6) is -0.869. The number of hydrogen-bond donors (Lipinski definition) is 2. The zero-order valence-corrected chi connectivity index (χ0v) is 8.81. The molecule has 0 heterocycles. The van der Waals surface area contributed by atoms with Crippen LogP contribution < -0.4 is 11.5 Å². The maximum absolute atomic E-state index is 11.3. The second-order valence-corrected chi connectivity index (χ2v) is 3.36. The molecule has 86 valence electrons. The van der Waals surface area contributed by atoms with Crippen LogP contribution in [0.2, 0.25) is 0 Å². The van der Waals surface area contributed by atoms with E-state index < -0.39 is 5.91 Å². The van der Waals surface area contributed by atoms with Crippen LogP contribution in [0.15, 0.2) is 24.3 Å². The van der Waals surface area contributed by atoms with Gasteiger partial charge in [-0.1, -0.05) is 12.1 Å². The molecule has 0 aliphatic carbocycles. The number of nitrogens with two attached hydrogens (primary N) is 2. The summed E-state index contributed by atoms with van der Waals surface area (Å²) in [5.41, 5.74) is 11.9. The minimum Gasteiger partial charge on any atom is -0.465 e. The first-order valence-electron chi connectivity index (χ1n) is 4.86. The molecule has 1 amide bonds. The number of benzene rings is 1. The van der Waals surface area contributed by atoms with E-state index in [4.69, 9.17) is 16.2 Å². The summed E-state index contributed by atoms with van der Waals surface area (Å²) in [6.07, 6.45) is 0.215. The van der Waals surface area contributed by atoms with Gasteiger partial charge >= 0.3 is 5.97 Å². The highest BCUT2D eigenvalue weighted by atomic mass is 16.5. The Morgan fingerprint density at radius 2 is 1.81 bits per heavy atom. The van der Waals surface area contributed by atoms with Gasteiger partial charge in [-0.2, -0.15) is 0 Å². The molecular formula is C11H14N2O3. The maximum atomic E-state index is 11.3. The Balaban J connectivity index is 2.34. The summed E-state index contributed by atoms with van der Waals surface area (Å²) in [4.78, 5) is 21.7. The highest BCUT2D eigenvalue weighted by Gasteiger charge is 2.05. The molecule has 4 N–H and O–H groups in total. The Labute approximate surface area is 93.4 Å². The first-order valence-corrected chi connectivity index (χ1v) is 4.86. The number of carbonyl (C=O) groups excluding carboxylic acids is 2. The standard InChI is InChI=1S/C11H14N2O3/c12-9-3-1-8(2-4-9)7-11(15)16-6-5-10(13)14/h1-4H,5-7,12H2,(H2,13,14). The molecule has 0 unspecified atom stereocenters. The topological polar surface area (TPSA) is 95.4 Å². The average Bonchev–Trinajstić information content (AvgIpc) is 2.21. The lowest BCUT2D eigenvalue weighted by Crippen LogP contribution is -2.16. The quantitative estimate of drug-likeness (QED) is 0.550. The molecule has 5 nitrogen and oxygen atoms in total. The van der Waals surface area contributed by atoms with Crippen molar-refractivity contribution in [2.24, 2.45) is 5.73 Å². The predicted octanol–water partition coefficient (Wildman–Crippen LogP) is 0.230. The molecule has 1 aromatic rings. The lowest BCUT2D eigenvalue weighted by atomic mass is 10.1. The lowest BCUT2D eigenvalue weighted by molar-refractivity contribution is -0.143. The van der Waals surface area contributed by atoms with Gasteiger partial charge in [-0.05, 0) is 17.7 Å². The first kappa shape index (κ1) is 12.0. The molecular weight excluding hydrogens is 208 g/mol. The lowest BCUT2D eigenvalue weighted by Gasteiger charge is -2.03. The molecule has 0 fully saturated rings. The summed E-state index contributed by atoms with van der Waals surface area (Å²) in [6, 6.07) is 6.94. The van der Waals surface area contributed by atoms with E-state index in [1.165, 1.54) is 0 Å². The van der Waals surface area contributed by atoms with Crippen LogP contribution in [0.1, 0.15) is 12.0 Å². The van der Waals surface area contributed by atoms with E-state index in [1.54, 1.807) is 24.3 Å². The van der Waals surface area contributed by atoms with Crippen molar-refractivity contribution in [3.8, 4) is 0 Å². The highest BCUT2D eigenvalue weighted by Crippen LogP contribution is 2.06. The van der Waals surface area contributed by atoms with Crippen LogP contribution in [0.3, 0.4) is 0 Å². The molecule has 0 aliphatic heterocycles. The minimum absolute atomic E-state index is 0.0309. The highest BCUT2D eigenvalue weighted by molar-refractivity contribution is 5.75. The van der Waals surface area contributed by atoms with Crippen molar-refractivity contribution in [3.05, 3.63) is 29.8 Å². The number of primary amides is 1. The van der Waals surface area contributed by atoms with Crippen molar-refractivity contribution in [2.45, 2.75) is 12.8 Å². The molecule has 5 heteroatoms. The minimum atomic E-state index is -0.486. The van der Waals surface area contributed by atoms with Gasteiger partial charge in [0, 0.05) is 5.69 Å². The van der Waals surface area contributed by atoms with Crippen LogP contribution >= 0.6 is 0 Å². The van der Waals surface area contributed by atoms with Crippen LogP contribution in [-0.4, -0.2) is 18.5 Å².